The summed E-state index contributed by atoms with van der Waals surface area (Å²) in [5.41, 5.74) is 2.23. The van der Waals surface area contributed by atoms with Crippen molar-refractivity contribution in [2.75, 3.05) is 24.9 Å². The third-order valence-corrected chi connectivity index (χ3v) is 9.71. The zero-order valence-corrected chi connectivity index (χ0v) is 31.8. The monoisotopic (exact) mass is 749 g/mol. The van der Waals surface area contributed by atoms with E-state index in [4.69, 9.17) is 9.47 Å². The summed E-state index contributed by atoms with van der Waals surface area (Å²) in [5, 5.41) is 18.3. The number of urea groups is 2. The maximum Gasteiger partial charge on any atom is 0.329 e. The first-order chi connectivity index (χ1) is 26.3. The molecule has 13 heteroatoms. The van der Waals surface area contributed by atoms with Crippen LogP contribution in [0.1, 0.15) is 61.9 Å². The van der Waals surface area contributed by atoms with Crippen LogP contribution in [0.3, 0.4) is 0 Å². The van der Waals surface area contributed by atoms with Crippen LogP contribution in [0.5, 0.6) is 11.5 Å². The van der Waals surface area contributed by atoms with Crippen molar-refractivity contribution in [1.29, 1.82) is 0 Å². The zero-order chi connectivity index (χ0) is 39.9. The van der Waals surface area contributed by atoms with E-state index in [-0.39, 0.29) is 18.9 Å². The second-order valence-corrected chi connectivity index (χ2v) is 14.0. The Morgan fingerprint density at radius 3 is 2.15 bits per heavy atom. The van der Waals surface area contributed by atoms with E-state index in [1.165, 1.54) is 19.1 Å². The normalized spacial score (nSPS) is 16.4. The Balaban J connectivity index is 1.45. The van der Waals surface area contributed by atoms with Gasteiger partial charge < -0.3 is 35.4 Å². The molecule has 1 aliphatic heterocycles. The van der Waals surface area contributed by atoms with Gasteiger partial charge in [0.2, 0.25) is 5.91 Å². The number of carboxylic acids is 1. The number of para-hydroxylation sites is 1. The molecule has 1 fully saturated rings. The fourth-order valence-electron chi connectivity index (χ4n) is 6.74. The van der Waals surface area contributed by atoms with Crippen LogP contribution in [-0.2, 0) is 26.5 Å². The molecule has 0 aliphatic carbocycles. The lowest BCUT2D eigenvalue weighted by molar-refractivity contribution is -0.141. The van der Waals surface area contributed by atoms with Gasteiger partial charge in [0.1, 0.15) is 23.1 Å². The number of carbonyl (C=O) groups excluding carboxylic acids is 4. The summed E-state index contributed by atoms with van der Waals surface area (Å²) in [5.74, 6) is -1.81. The van der Waals surface area contributed by atoms with Crippen molar-refractivity contribution >= 4 is 41.2 Å². The van der Waals surface area contributed by atoms with E-state index in [1.54, 1.807) is 79.7 Å². The topological polar surface area (TPSA) is 167 Å². The van der Waals surface area contributed by atoms with Crippen molar-refractivity contribution in [3.63, 3.8) is 0 Å². The minimum Gasteiger partial charge on any atom is -0.497 e. The van der Waals surface area contributed by atoms with E-state index >= 15 is 0 Å². The van der Waals surface area contributed by atoms with Gasteiger partial charge in [-0.3, -0.25) is 14.4 Å². The van der Waals surface area contributed by atoms with E-state index in [9.17, 15) is 29.1 Å². The molecule has 288 valence electrons. The highest BCUT2D eigenvalue weighted by Crippen LogP contribution is 2.41. The van der Waals surface area contributed by atoms with Gasteiger partial charge in [-0.25, -0.2) is 14.5 Å². The number of aliphatic carboxylic acids is 1. The molecule has 4 aromatic carbocycles. The number of carbonyl (C=O) groups is 5. The summed E-state index contributed by atoms with van der Waals surface area (Å²) in [6.45, 7) is 7.30. The zero-order valence-electron chi connectivity index (χ0n) is 31.8. The summed E-state index contributed by atoms with van der Waals surface area (Å²) in [7, 11) is 2.91. The molecule has 4 aromatic rings. The minimum atomic E-state index is -1.50. The first kappa shape index (κ1) is 39.8. The molecule has 1 aliphatic rings. The third kappa shape index (κ3) is 8.89. The van der Waals surface area contributed by atoms with Gasteiger partial charge in [0, 0.05) is 29.5 Å². The quantitative estimate of drug-likeness (QED) is 0.0936. The van der Waals surface area contributed by atoms with Crippen LogP contribution in [0.15, 0.2) is 97.1 Å². The predicted molar refractivity (Wildman–Crippen MR) is 208 cm³/mol. The average molecular weight is 750 g/mol. The van der Waals surface area contributed by atoms with E-state index in [1.807, 2.05) is 45.0 Å². The number of amides is 6. The molecule has 0 bridgehead atoms. The number of methoxy groups -OCH3 is 2. The van der Waals surface area contributed by atoms with Gasteiger partial charge in [0.05, 0.1) is 26.7 Å². The van der Waals surface area contributed by atoms with E-state index in [2.05, 4.69) is 16.0 Å². The molecular weight excluding hydrogens is 702 g/mol. The fraction of sp³-hybridized carbons (Fsp3) is 0.310. The molecule has 3 atom stereocenters. The second-order valence-electron chi connectivity index (χ2n) is 14.0. The van der Waals surface area contributed by atoms with Crippen molar-refractivity contribution in [2.24, 2.45) is 5.92 Å². The second kappa shape index (κ2) is 17.2. The Hall–Kier alpha value is -6.37. The van der Waals surface area contributed by atoms with Crippen LogP contribution >= 0.6 is 0 Å². The molecule has 4 N–H and O–H groups in total. The molecule has 0 aromatic heterocycles. The number of nitrogens with one attached hydrogen (secondary N) is 3. The average Bonchev–Trinajstić information content (AvgIpc) is 3.35. The van der Waals surface area contributed by atoms with Gasteiger partial charge in [-0.2, -0.15) is 0 Å². The third-order valence-electron chi connectivity index (χ3n) is 9.71. The molecule has 5 rings (SSSR count). The first-order valence-electron chi connectivity index (χ1n) is 17.9. The van der Waals surface area contributed by atoms with Crippen LogP contribution in [0, 0.1) is 12.8 Å². The summed E-state index contributed by atoms with van der Waals surface area (Å²) >= 11 is 0. The van der Waals surface area contributed by atoms with Crippen LogP contribution < -0.4 is 25.4 Å². The first-order valence-corrected chi connectivity index (χ1v) is 17.9. The Morgan fingerprint density at radius 2 is 1.53 bits per heavy atom. The number of imide groups is 1. The summed E-state index contributed by atoms with van der Waals surface area (Å²) in [6, 6.07) is 24.6. The number of aryl methyl sites for hydroxylation is 1. The van der Waals surface area contributed by atoms with Crippen LogP contribution in [-0.4, -0.2) is 65.0 Å². The lowest BCUT2D eigenvalue weighted by Crippen LogP contribution is -2.52. The number of hydrogen-bond acceptors (Lipinski definition) is 7. The molecule has 0 saturated carbocycles. The standard InChI is InChI=1S/C42H47N5O8/c1-26(2)22-35(38(50)44-34(24-37(48)49)32-21-20-31(54-5)23-36(32)55-6)47-39(51)42(4,29-13-8-7-9-14-29)46(41(47)53)25-28-16-18-30(19-17-28)43-40(52)45-33-15-11-10-12-27(33)3/h7-21,23,26,34-35H,22,24-25H2,1-6H3,(H,44,50)(H,48,49)(H2,43,45,52)/t34?,35?,42-/m0/s1. The number of nitrogens with zero attached hydrogens (tertiary/aromatic N) is 2. The molecule has 55 heavy (non-hydrogen) atoms. The van der Waals surface area contributed by atoms with Gasteiger partial charge in [0.25, 0.3) is 5.91 Å². The van der Waals surface area contributed by atoms with Crippen molar-refractivity contribution in [3.05, 3.63) is 119 Å². The minimum absolute atomic E-state index is 0.00284. The highest BCUT2D eigenvalue weighted by Gasteiger charge is 2.58. The lowest BCUT2D eigenvalue weighted by atomic mass is 9.89. The van der Waals surface area contributed by atoms with Crippen LogP contribution in [0.4, 0.5) is 21.0 Å². The molecular formula is C42H47N5O8. The van der Waals surface area contributed by atoms with Crippen molar-refractivity contribution < 1.29 is 38.6 Å². The molecule has 0 spiro atoms. The van der Waals surface area contributed by atoms with Crippen LogP contribution in [0.2, 0.25) is 0 Å². The smallest absolute Gasteiger partial charge is 0.329 e. The van der Waals surface area contributed by atoms with Gasteiger partial charge in [-0.1, -0.05) is 74.5 Å². The van der Waals surface area contributed by atoms with E-state index < -0.39 is 53.9 Å². The Labute approximate surface area is 320 Å². The van der Waals surface area contributed by atoms with Crippen molar-refractivity contribution in [1.82, 2.24) is 15.1 Å². The molecule has 1 saturated heterocycles. The Kier molecular flexibility index (Phi) is 12.4. The lowest BCUT2D eigenvalue weighted by Gasteiger charge is -2.32. The SMILES string of the molecule is COc1ccc(C(CC(=O)O)NC(=O)C(CC(C)C)N2C(=O)N(Cc3ccc(NC(=O)Nc4ccccc4C)cc3)[C@@](C)(c3ccccc3)C2=O)c(OC)c1. The molecule has 2 unspecified atom stereocenters. The van der Waals surface area contributed by atoms with Gasteiger partial charge in [-0.15, -0.1) is 0 Å². The molecule has 6 amide bonds. The van der Waals surface area contributed by atoms with Gasteiger partial charge >= 0.3 is 18.0 Å². The molecule has 13 nitrogen and oxygen atoms in total. The number of ether oxygens (including phenoxy) is 2. The van der Waals surface area contributed by atoms with Crippen molar-refractivity contribution in [3.8, 4) is 11.5 Å². The van der Waals surface area contributed by atoms with Gasteiger partial charge in [-0.05, 0) is 73.2 Å². The summed E-state index contributed by atoms with van der Waals surface area (Å²) < 4.78 is 10.8. The van der Waals surface area contributed by atoms with Gasteiger partial charge in [0.15, 0.2) is 0 Å². The Morgan fingerprint density at radius 1 is 0.855 bits per heavy atom. The number of hydrogen-bond donors (Lipinski definition) is 4. The molecule has 0 radical (unpaired) electrons. The fourth-order valence-corrected chi connectivity index (χ4v) is 6.74. The maximum absolute atomic E-state index is 14.7. The van der Waals surface area contributed by atoms with Crippen LogP contribution in [0.25, 0.3) is 0 Å². The number of rotatable bonds is 15. The maximum atomic E-state index is 14.7. The highest BCUT2D eigenvalue weighted by molar-refractivity contribution is 6.10. The number of benzene rings is 4. The van der Waals surface area contributed by atoms with E-state index in [0.29, 0.717) is 39.6 Å². The highest BCUT2D eigenvalue weighted by atomic mass is 16.5. The number of anilines is 2. The van der Waals surface area contributed by atoms with E-state index in [0.717, 1.165) is 10.5 Å². The molecule has 1 heterocycles. The predicted octanol–water partition coefficient (Wildman–Crippen LogP) is 7.08. The number of carboxylic acid groups (broad SMARTS) is 1. The summed E-state index contributed by atoms with van der Waals surface area (Å²) in [4.78, 5) is 70.9. The summed E-state index contributed by atoms with van der Waals surface area (Å²) in [6.07, 6.45) is -0.372. The largest absolute Gasteiger partial charge is 0.497 e. The van der Waals surface area contributed by atoms with Crippen molar-refractivity contribution in [2.45, 2.75) is 64.7 Å². The Bertz CT molecular complexity index is 2040.